The number of nitrogens with one attached hydrogen (secondary N) is 1. The molecule has 0 radical (unpaired) electrons. The number of rotatable bonds is 7. The first-order valence-electron chi connectivity index (χ1n) is 12.5. The normalized spacial score (nSPS) is 20.0. The summed E-state index contributed by atoms with van der Waals surface area (Å²) in [6, 6.07) is 9.19. The van der Waals surface area contributed by atoms with Gasteiger partial charge in [0.2, 0.25) is 11.8 Å². The van der Waals surface area contributed by atoms with Gasteiger partial charge in [0.05, 0.1) is 0 Å². The van der Waals surface area contributed by atoms with Crippen molar-refractivity contribution in [3.05, 3.63) is 88.2 Å². The highest BCUT2D eigenvalue weighted by atomic mass is 19.2. The summed E-state index contributed by atoms with van der Waals surface area (Å²) in [5, 5.41) is 2.95. The highest BCUT2D eigenvalue weighted by Crippen LogP contribution is 2.37. The summed E-state index contributed by atoms with van der Waals surface area (Å²) >= 11 is 0. The Balaban J connectivity index is 1.34. The Hall–Kier alpha value is -3.64. The number of amides is 2. The van der Waals surface area contributed by atoms with Crippen LogP contribution in [-0.4, -0.2) is 59.8 Å². The van der Waals surface area contributed by atoms with Gasteiger partial charge in [0.25, 0.3) is 5.54 Å². The maximum absolute atomic E-state index is 13.9. The van der Waals surface area contributed by atoms with Crippen molar-refractivity contribution in [3.63, 3.8) is 0 Å². The number of halogens is 2. The van der Waals surface area contributed by atoms with E-state index in [2.05, 4.69) is 20.0 Å². The van der Waals surface area contributed by atoms with Gasteiger partial charge in [-0.15, -0.1) is 0 Å². The minimum Gasteiger partial charge on any atom is -0.352 e. The zero-order valence-electron chi connectivity index (χ0n) is 21.1. The van der Waals surface area contributed by atoms with Crippen LogP contribution < -0.4 is 5.32 Å². The quantitative estimate of drug-likeness (QED) is 0.455. The maximum atomic E-state index is 13.9. The molecule has 9 heteroatoms. The number of carbonyl (C=O) groups excluding carboxylic acids is 2. The monoisotopic (exact) mass is 507 g/mol. The van der Waals surface area contributed by atoms with Gasteiger partial charge >= 0.3 is 0 Å². The van der Waals surface area contributed by atoms with Crippen molar-refractivity contribution in [2.24, 2.45) is 0 Å². The Morgan fingerprint density at radius 2 is 1.97 bits per heavy atom. The fourth-order valence-corrected chi connectivity index (χ4v) is 5.18. The van der Waals surface area contributed by atoms with Crippen LogP contribution in [0.4, 0.5) is 8.78 Å². The molecule has 2 aromatic rings. The zero-order chi connectivity index (χ0) is 26.6. The lowest BCUT2D eigenvalue weighted by molar-refractivity contribution is -0.129. The van der Waals surface area contributed by atoms with E-state index in [-0.39, 0.29) is 18.2 Å². The molecule has 2 aliphatic heterocycles. The third kappa shape index (κ3) is 5.54. The topological polar surface area (TPSA) is 69.9 Å². The molecular formula is C28H31F2N5O2. The number of nitrogens with zero attached hydrogens (tertiary/aromatic N) is 4. The smallest absolute Gasteiger partial charge is 0.276 e. The second kappa shape index (κ2) is 11.2. The SMILES string of the molecule is [C-]#[N+]C1(c2ccccn2)CCN(CCCNC(=O)C2=C(C)N(C)C(=O)C[C@@H]2c2ccc(F)c(F)c2)CC1. The average molecular weight is 508 g/mol. The zero-order valence-corrected chi connectivity index (χ0v) is 21.1. The van der Waals surface area contributed by atoms with Crippen molar-refractivity contribution in [2.75, 3.05) is 33.2 Å². The Labute approximate surface area is 216 Å². The first kappa shape index (κ1) is 26.4. The molecule has 0 spiro atoms. The van der Waals surface area contributed by atoms with Crippen molar-refractivity contribution in [1.29, 1.82) is 0 Å². The number of aromatic nitrogens is 1. The number of benzene rings is 1. The van der Waals surface area contributed by atoms with Crippen LogP contribution in [0.15, 0.2) is 53.9 Å². The molecular weight excluding hydrogens is 476 g/mol. The molecule has 1 N–H and O–H groups in total. The third-order valence-corrected chi connectivity index (χ3v) is 7.56. The lowest BCUT2D eigenvalue weighted by atomic mass is 9.83. The minimum atomic E-state index is -1.01. The van der Waals surface area contributed by atoms with Gasteiger partial charge in [-0.25, -0.2) is 15.4 Å². The number of hydrogen-bond acceptors (Lipinski definition) is 4. The molecule has 4 rings (SSSR count). The fourth-order valence-electron chi connectivity index (χ4n) is 5.18. The maximum Gasteiger partial charge on any atom is 0.276 e. The van der Waals surface area contributed by atoms with Gasteiger partial charge < -0.3 is 20.0 Å². The largest absolute Gasteiger partial charge is 0.352 e. The number of carbonyl (C=O) groups is 2. The van der Waals surface area contributed by atoms with E-state index in [0.29, 0.717) is 36.2 Å². The third-order valence-electron chi connectivity index (χ3n) is 7.56. The van der Waals surface area contributed by atoms with Crippen LogP contribution in [0.25, 0.3) is 4.85 Å². The minimum absolute atomic E-state index is 0.00845. The van der Waals surface area contributed by atoms with E-state index in [1.54, 1.807) is 20.2 Å². The summed E-state index contributed by atoms with van der Waals surface area (Å²) in [6.07, 6.45) is 3.88. The first-order valence-corrected chi connectivity index (χ1v) is 12.5. The molecule has 3 heterocycles. The van der Waals surface area contributed by atoms with Crippen LogP contribution in [0, 0.1) is 18.2 Å². The van der Waals surface area contributed by atoms with Gasteiger partial charge in [0.15, 0.2) is 11.6 Å². The van der Waals surface area contributed by atoms with E-state index in [1.807, 2.05) is 18.2 Å². The second-order valence-electron chi connectivity index (χ2n) is 9.69. The van der Waals surface area contributed by atoms with E-state index in [4.69, 9.17) is 6.57 Å². The van der Waals surface area contributed by atoms with Crippen LogP contribution in [0.3, 0.4) is 0 Å². The van der Waals surface area contributed by atoms with Crippen molar-refractivity contribution in [3.8, 4) is 0 Å². The Morgan fingerprint density at radius 1 is 1.22 bits per heavy atom. The number of hydrogen-bond donors (Lipinski definition) is 1. The Morgan fingerprint density at radius 3 is 2.62 bits per heavy atom. The van der Waals surface area contributed by atoms with Crippen LogP contribution >= 0.6 is 0 Å². The number of allylic oxidation sites excluding steroid dienone is 1. The van der Waals surface area contributed by atoms with E-state index < -0.39 is 23.1 Å². The second-order valence-corrected chi connectivity index (χ2v) is 9.69. The Bertz CT molecular complexity index is 1230. The standard InChI is InChI=1S/C28H31F2N5O2/c1-19-26(21(18-25(36)34(19)3)20-8-9-22(29)23(30)17-20)27(37)33-13-6-14-35-15-10-28(31-2,11-16-35)24-7-4-5-12-32-24/h4-5,7-9,12,17,21H,6,10-11,13-16,18H2,1,3H3,(H,33,37)/t21-/m1/s1. The highest BCUT2D eigenvalue weighted by molar-refractivity contribution is 5.99. The van der Waals surface area contributed by atoms with Crippen LogP contribution in [-0.2, 0) is 15.1 Å². The van der Waals surface area contributed by atoms with E-state index in [9.17, 15) is 18.4 Å². The number of piperidine rings is 1. The van der Waals surface area contributed by atoms with Crippen molar-refractivity contribution in [1.82, 2.24) is 20.1 Å². The lowest BCUT2D eigenvalue weighted by Crippen LogP contribution is -2.42. The van der Waals surface area contributed by atoms with E-state index in [0.717, 1.165) is 43.9 Å². The van der Waals surface area contributed by atoms with Crippen molar-refractivity contribution in [2.45, 2.75) is 44.1 Å². The molecule has 1 atom stereocenters. The lowest BCUT2D eigenvalue weighted by Gasteiger charge is -2.34. The molecule has 1 aromatic carbocycles. The van der Waals surface area contributed by atoms with Gasteiger partial charge in [0, 0.05) is 69.3 Å². The van der Waals surface area contributed by atoms with Gasteiger partial charge in [-0.2, -0.15) is 0 Å². The summed E-state index contributed by atoms with van der Waals surface area (Å²) in [5.41, 5.74) is 1.55. The van der Waals surface area contributed by atoms with Gasteiger partial charge in [-0.05, 0) is 49.7 Å². The molecule has 0 unspecified atom stereocenters. The predicted molar refractivity (Wildman–Crippen MR) is 135 cm³/mol. The summed E-state index contributed by atoms with van der Waals surface area (Å²) < 4.78 is 27.4. The van der Waals surface area contributed by atoms with E-state index in [1.165, 1.54) is 11.0 Å². The molecule has 0 saturated carbocycles. The Kier molecular flexibility index (Phi) is 7.98. The molecule has 2 amide bonds. The highest BCUT2D eigenvalue weighted by Gasteiger charge is 2.43. The first-order chi connectivity index (χ1) is 17.8. The summed E-state index contributed by atoms with van der Waals surface area (Å²) in [4.78, 5) is 37.7. The molecule has 0 aliphatic carbocycles. The molecule has 2 aliphatic rings. The molecule has 7 nitrogen and oxygen atoms in total. The van der Waals surface area contributed by atoms with Gasteiger partial charge in [-0.3, -0.25) is 14.6 Å². The van der Waals surface area contributed by atoms with Gasteiger partial charge in [-0.1, -0.05) is 12.1 Å². The van der Waals surface area contributed by atoms with Crippen molar-refractivity contribution < 1.29 is 18.4 Å². The molecule has 0 bridgehead atoms. The summed E-state index contributed by atoms with van der Waals surface area (Å²) in [6.45, 7) is 12.2. The van der Waals surface area contributed by atoms with Crippen LogP contribution in [0.2, 0.25) is 0 Å². The molecule has 194 valence electrons. The summed E-state index contributed by atoms with van der Waals surface area (Å²) in [5.74, 6) is -3.12. The molecule has 1 fully saturated rings. The average Bonchev–Trinajstić information content (AvgIpc) is 2.92. The molecule has 1 aromatic heterocycles. The fraction of sp³-hybridized carbons (Fsp3) is 0.429. The van der Waals surface area contributed by atoms with Gasteiger partial charge in [0.1, 0.15) is 5.69 Å². The van der Waals surface area contributed by atoms with Crippen LogP contribution in [0.5, 0.6) is 0 Å². The molecule has 1 saturated heterocycles. The van der Waals surface area contributed by atoms with Crippen molar-refractivity contribution >= 4 is 11.8 Å². The number of likely N-dealkylation sites (tertiary alicyclic amines) is 1. The van der Waals surface area contributed by atoms with Crippen LogP contribution in [0.1, 0.15) is 49.8 Å². The molecule has 37 heavy (non-hydrogen) atoms. The predicted octanol–water partition coefficient (Wildman–Crippen LogP) is 4.00. The number of pyridine rings is 1. The van der Waals surface area contributed by atoms with E-state index >= 15 is 0 Å². The summed E-state index contributed by atoms with van der Waals surface area (Å²) in [7, 11) is 1.61.